The predicted molar refractivity (Wildman–Crippen MR) is 76.9 cm³/mol. The SMILES string of the molecule is Cc1nc(N)nc2[nH]cc(CCc3ccccc3)c12. The van der Waals surface area contributed by atoms with Crippen LogP contribution in [0.5, 0.6) is 0 Å². The van der Waals surface area contributed by atoms with Crippen LogP contribution in [-0.2, 0) is 12.8 Å². The van der Waals surface area contributed by atoms with Gasteiger partial charge in [0.25, 0.3) is 0 Å². The van der Waals surface area contributed by atoms with Crippen LogP contribution in [0.2, 0.25) is 0 Å². The summed E-state index contributed by atoms with van der Waals surface area (Å²) in [6.45, 7) is 1.97. The summed E-state index contributed by atoms with van der Waals surface area (Å²) in [6, 6.07) is 10.5. The molecule has 0 aliphatic heterocycles. The molecule has 0 amide bonds. The van der Waals surface area contributed by atoms with Crippen molar-refractivity contribution in [3.05, 3.63) is 53.3 Å². The van der Waals surface area contributed by atoms with Crippen LogP contribution in [-0.4, -0.2) is 15.0 Å². The second-order valence-corrected chi connectivity index (χ2v) is 4.69. The number of rotatable bonds is 3. The molecule has 4 nitrogen and oxygen atoms in total. The van der Waals surface area contributed by atoms with Crippen molar-refractivity contribution in [1.82, 2.24) is 15.0 Å². The zero-order chi connectivity index (χ0) is 13.2. The average molecular weight is 252 g/mol. The summed E-state index contributed by atoms with van der Waals surface area (Å²) in [6.07, 6.45) is 3.99. The highest BCUT2D eigenvalue weighted by Gasteiger charge is 2.09. The lowest BCUT2D eigenvalue weighted by Crippen LogP contribution is -1.98. The summed E-state index contributed by atoms with van der Waals surface area (Å²) in [5.41, 5.74) is 10.0. The van der Waals surface area contributed by atoms with Crippen LogP contribution in [0, 0.1) is 6.92 Å². The van der Waals surface area contributed by atoms with E-state index in [1.165, 1.54) is 11.1 Å². The van der Waals surface area contributed by atoms with Gasteiger partial charge in [0.15, 0.2) is 0 Å². The molecule has 3 rings (SSSR count). The third-order valence-corrected chi connectivity index (χ3v) is 3.34. The smallest absolute Gasteiger partial charge is 0.222 e. The van der Waals surface area contributed by atoms with Crippen LogP contribution >= 0.6 is 0 Å². The number of nitrogens with zero attached hydrogens (tertiary/aromatic N) is 2. The van der Waals surface area contributed by atoms with Crippen LogP contribution in [0.4, 0.5) is 5.95 Å². The van der Waals surface area contributed by atoms with E-state index < -0.39 is 0 Å². The first-order valence-corrected chi connectivity index (χ1v) is 6.38. The fourth-order valence-corrected chi connectivity index (χ4v) is 2.43. The molecule has 3 N–H and O–H groups in total. The van der Waals surface area contributed by atoms with Gasteiger partial charge in [0.1, 0.15) is 5.65 Å². The zero-order valence-corrected chi connectivity index (χ0v) is 10.9. The van der Waals surface area contributed by atoms with E-state index in [0.29, 0.717) is 5.95 Å². The minimum Gasteiger partial charge on any atom is -0.368 e. The van der Waals surface area contributed by atoms with Crippen LogP contribution in [0.25, 0.3) is 11.0 Å². The summed E-state index contributed by atoms with van der Waals surface area (Å²) in [5, 5.41) is 1.10. The lowest BCUT2D eigenvalue weighted by atomic mass is 10.0. The molecule has 0 atom stereocenters. The third kappa shape index (κ3) is 2.29. The minimum absolute atomic E-state index is 0.321. The molecule has 0 saturated heterocycles. The Labute approximate surface area is 111 Å². The Kier molecular flexibility index (Phi) is 2.91. The largest absolute Gasteiger partial charge is 0.368 e. The number of anilines is 1. The second-order valence-electron chi connectivity index (χ2n) is 4.69. The molecule has 2 aromatic heterocycles. The summed E-state index contributed by atoms with van der Waals surface area (Å²) in [7, 11) is 0. The molecule has 0 aliphatic carbocycles. The van der Waals surface area contributed by atoms with Gasteiger partial charge in [-0.2, -0.15) is 4.98 Å². The van der Waals surface area contributed by atoms with E-state index in [1.54, 1.807) is 0 Å². The number of aromatic nitrogens is 3. The third-order valence-electron chi connectivity index (χ3n) is 3.34. The molecule has 0 fully saturated rings. The quantitative estimate of drug-likeness (QED) is 0.753. The lowest BCUT2D eigenvalue weighted by Gasteiger charge is -2.03. The number of hydrogen-bond acceptors (Lipinski definition) is 3. The summed E-state index contributed by atoms with van der Waals surface area (Å²) in [4.78, 5) is 11.6. The summed E-state index contributed by atoms with van der Waals surface area (Å²) in [5.74, 6) is 0.321. The fraction of sp³-hybridized carbons (Fsp3) is 0.200. The molecule has 0 unspecified atom stereocenters. The van der Waals surface area contributed by atoms with E-state index in [2.05, 4.69) is 39.2 Å². The fourth-order valence-electron chi connectivity index (χ4n) is 2.43. The van der Waals surface area contributed by atoms with Crippen molar-refractivity contribution in [1.29, 1.82) is 0 Å². The van der Waals surface area contributed by atoms with Crippen molar-refractivity contribution in [3.63, 3.8) is 0 Å². The van der Waals surface area contributed by atoms with Crippen LogP contribution in [0.1, 0.15) is 16.8 Å². The first-order valence-electron chi connectivity index (χ1n) is 6.38. The van der Waals surface area contributed by atoms with Gasteiger partial charge in [-0.05, 0) is 30.9 Å². The molecule has 0 aliphatic rings. The van der Waals surface area contributed by atoms with Crippen molar-refractivity contribution >= 4 is 17.0 Å². The molecule has 0 spiro atoms. The second kappa shape index (κ2) is 4.72. The molecule has 3 aromatic rings. The number of fused-ring (bicyclic) bond motifs is 1. The number of nitrogens with one attached hydrogen (secondary N) is 1. The van der Waals surface area contributed by atoms with Gasteiger partial charge in [-0.3, -0.25) is 0 Å². The van der Waals surface area contributed by atoms with E-state index in [-0.39, 0.29) is 0 Å². The van der Waals surface area contributed by atoms with Gasteiger partial charge in [-0.1, -0.05) is 30.3 Å². The molecule has 19 heavy (non-hydrogen) atoms. The molecular formula is C15H16N4. The maximum Gasteiger partial charge on any atom is 0.222 e. The van der Waals surface area contributed by atoms with E-state index in [9.17, 15) is 0 Å². The molecule has 0 radical (unpaired) electrons. The maximum atomic E-state index is 5.66. The molecule has 0 saturated carbocycles. The number of aryl methyl sites for hydroxylation is 3. The van der Waals surface area contributed by atoms with Crippen molar-refractivity contribution in [3.8, 4) is 0 Å². The van der Waals surface area contributed by atoms with Gasteiger partial charge in [-0.25, -0.2) is 4.98 Å². The Morgan fingerprint density at radius 3 is 2.68 bits per heavy atom. The van der Waals surface area contributed by atoms with Gasteiger partial charge in [0.05, 0.1) is 5.69 Å². The van der Waals surface area contributed by atoms with Crippen molar-refractivity contribution in [2.45, 2.75) is 19.8 Å². The van der Waals surface area contributed by atoms with Crippen LogP contribution < -0.4 is 5.73 Å². The summed E-state index contributed by atoms with van der Waals surface area (Å²) >= 11 is 0. The number of hydrogen-bond donors (Lipinski definition) is 2. The highest BCUT2D eigenvalue weighted by molar-refractivity contribution is 5.82. The maximum absolute atomic E-state index is 5.66. The van der Waals surface area contributed by atoms with Gasteiger partial charge < -0.3 is 10.7 Å². The molecular weight excluding hydrogens is 236 g/mol. The summed E-state index contributed by atoms with van der Waals surface area (Å²) < 4.78 is 0. The van der Waals surface area contributed by atoms with Gasteiger partial charge in [-0.15, -0.1) is 0 Å². The number of aromatic amines is 1. The molecule has 0 bridgehead atoms. The van der Waals surface area contributed by atoms with Crippen molar-refractivity contribution in [2.75, 3.05) is 5.73 Å². The Bertz CT molecular complexity index is 701. The Morgan fingerprint density at radius 2 is 1.89 bits per heavy atom. The monoisotopic (exact) mass is 252 g/mol. The number of nitrogen functional groups attached to an aromatic ring is 1. The Balaban J connectivity index is 1.90. The number of benzene rings is 1. The number of H-pyrrole nitrogens is 1. The first kappa shape index (κ1) is 11.7. The van der Waals surface area contributed by atoms with Gasteiger partial charge in [0.2, 0.25) is 5.95 Å². The van der Waals surface area contributed by atoms with Crippen LogP contribution in [0.3, 0.4) is 0 Å². The minimum atomic E-state index is 0.321. The van der Waals surface area contributed by atoms with E-state index in [1.807, 2.05) is 19.2 Å². The number of nitrogens with two attached hydrogens (primary N) is 1. The van der Waals surface area contributed by atoms with Crippen LogP contribution in [0.15, 0.2) is 36.5 Å². The predicted octanol–water partition coefficient (Wildman–Crippen LogP) is 2.63. The zero-order valence-electron chi connectivity index (χ0n) is 10.9. The average Bonchev–Trinajstić information content (AvgIpc) is 2.81. The van der Waals surface area contributed by atoms with E-state index in [0.717, 1.165) is 29.6 Å². The standard InChI is InChI=1S/C15H16N4/c1-10-13-12(8-7-11-5-3-2-4-6-11)9-17-14(13)19-15(16)18-10/h2-6,9H,7-8H2,1H3,(H3,16,17,18,19). The normalized spacial score (nSPS) is 11.0. The van der Waals surface area contributed by atoms with Gasteiger partial charge in [0, 0.05) is 11.6 Å². The molecule has 96 valence electrons. The topological polar surface area (TPSA) is 67.6 Å². The highest BCUT2D eigenvalue weighted by atomic mass is 15.0. The molecule has 4 heteroatoms. The van der Waals surface area contributed by atoms with E-state index >= 15 is 0 Å². The Morgan fingerprint density at radius 1 is 1.11 bits per heavy atom. The first-order chi connectivity index (χ1) is 9.24. The molecule has 1 aromatic carbocycles. The van der Waals surface area contributed by atoms with Gasteiger partial charge >= 0.3 is 0 Å². The van der Waals surface area contributed by atoms with Crippen molar-refractivity contribution in [2.24, 2.45) is 0 Å². The highest BCUT2D eigenvalue weighted by Crippen LogP contribution is 2.21. The Hall–Kier alpha value is -2.36. The molecule has 2 heterocycles. The van der Waals surface area contributed by atoms with E-state index in [4.69, 9.17) is 5.73 Å². The lowest BCUT2D eigenvalue weighted by molar-refractivity contribution is 0.966. The van der Waals surface area contributed by atoms with Crippen molar-refractivity contribution < 1.29 is 0 Å².